The third-order valence-electron chi connectivity index (χ3n) is 3.79. The van der Waals surface area contributed by atoms with E-state index in [4.69, 9.17) is 9.84 Å². The van der Waals surface area contributed by atoms with E-state index in [0.29, 0.717) is 0 Å². The lowest BCUT2D eigenvalue weighted by atomic mass is 9.99. The first-order valence-corrected chi connectivity index (χ1v) is 7.73. The molecule has 0 aromatic carbocycles. The van der Waals surface area contributed by atoms with Gasteiger partial charge < -0.3 is 14.9 Å². The van der Waals surface area contributed by atoms with Gasteiger partial charge in [0.05, 0.1) is 19.3 Å². The fourth-order valence-corrected chi connectivity index (χ4v) is 2.59. The van der Waals surface area contributed by atoms with E-state index < -0.39 is 6.10 Å². The molecule has 1 aliphatic rings. The van der Waals surface area contributed by atoms with Crippen molar-refractivity contribution in [2.45, 2.75) is 82.8 Å². The van der Waals surface area contributed by atoms with Gasteiger partial charge >= 0.3 is 0 Å². The predicted octanol–water partition coefficient (Wildman–Crippen LogP) is 3.03. The Morgan fingerprint density at radius 2 is 1.28 bits per heavy atom. The molecule has 1 fully saturated rings. The highest BCUT2D eigenvalue weighted by atomic mass is 16.5. The molecule has 3 heteroatoms. The number of hydrogen-bond acceptors (Lipinski definition) is 3. The average Bonchev–Trinajstić information content (AvgIpc) is 2.37. The second kappa shape index (κ2) is 10.8. The lowest BCUT2D eigenvalue weighted by Gasteiger charge is -2.20. The molecule has 0 heterocycles. The third-order valence-corrected chi connectivity index (χ3v) is 3.79. The van der Waals surface area contributed by atoms with E-state index >= 15 is 0 Å². The van der Waals surface area contributed by atoms with Gasteiger partial charge in [0.2, 0.25) is 0 Å². The highest BCUT2D eigenvalue weighted by molar-refractivity contribution is 4.63. The van der Waals surface area contributed by atoms with Crippen LogP contribution in [-0.2, 0) is 4.74 Å². The summed E-state index contributed by atoms with van der Waals surface area (Å²) in [6.45, 7) is 0.0773. The van der Waals surface area contributed by atoms with Crippen LogP contribution < -0.4 is 0 Å². The van der Waals surface area contributed by atoms with Crippen molar-refractivity contribution in [1.29, 1.82) is 0 Å². The van der Waals surface area contributed by atoms with Crippen LogP contribution in [0.1, 0.15) is 70.6 Å². The summed E-state index contributed by atoms with van der Waals surface area (Å²) in [7, 11) is 0. The Morgan fingerprint density at radius 3 is 1.72 bits per heavy atom. The van der Waals surface area contributed by atoms with E-state index in [1.807, 2.05) is 0 Å². The van der Waals surface area contributed by atoms with Gasteiger partial charge in [0.1, 0.15) is 6.10 Å². The molecule has 18 heavy (non-hydrogen) atoms. The maximum atomic E-state index is 9.32. The molecule has 2 N–H and O–H groups in total. The standard InChI is InChI=1S/C15H30O3/c16-12-14(17)13-18-15-10-8-6-4-2-1-3-5-7-9-11-15/h14-17H,1-13H2. The van der Waals surface area contributed by atoms with Gasteiger partial charge in [0, 0.05) is 0 Å². The first-order valence-electron chi connectivity index (χ1n) is 7.73. The van der Waals surface area contributed by atoms with Crippen molar-refractivity contribution in [3.05, 3.63) is 0 Å². The maximum absolute atomic E-state index is 9.32. The summed E-state index contributed by atoms with van der Waals surface area (Å²) in [4.78, 5) is 0. The molecule has 1 saturated carbocycles. The Kier molecular flexibility index (Phi) is 9.54. The van der Waals surface area contributed by atoms with Crippen LogP contribution in [0.2, 0.25) is 0 Å². The molecule has 0 amide bonds. The molecule has 108 valence electrons. The molecule has 0 aromatic rings. The summed E-state index contributed by atoms with van der Waals surface area (Å²) in [6.07, 6.45) is 13.8. The number of aliphatic hydroxyl groups excluding tert-OH is 2. The molecule has 0 spiro atoms. The fraction of sp³-hybridized carbons (Fsp3) is 1.00. The van der Waals surface area contributed by atoms with Gasteiger partial charge in [-0.2, -0.15) is 0 Å². The van der Waals surface area contributed by atoms with Gasteiger partial charge in [-0.15, -0.1) is 0 Å². The summed E-state index contributed by atoms with van der Waals surface area (Å²) in [5.74, 6) is 0. The highest BCUT2D eigenvalue weighted by Crippen LogP contribution is 2.18. The van der Waals surface area contributed by atoms with Crippen molar-refractivity contribution in [2.75, 3.05) is 13.2 Å². The lowest BCUT2D eigenvalue weighted by Crippen LogP contribution is -2.24. The Morgan fingerprint density at radius 1 is 0.833 bits per heavy atom. The summed E-state index contributed by atoms with van der Waals surface area (Å²) in [5, 5.41) is 18.1. The number of ether oxygens (including phenoxy) is 1. The minimum absolute atomic E-state index is 0.202. The van der Waals surface area contributed by atoms with E-state index in [0.717, 1.165) is 12.8 Å². The van der Waals surface area contributed by atoms with E-state index in [2.05, 4.69) is 0 Å². The van der Waals surface area contributed by atoms with E-state index in [1.165, 1.54) is 57.8 Å². The van der Waals surface area contributed by atoms with E-state index in [-0.39, 0.29) is 19.3 Å². The highest BCUT2D eigenvalue weighted by Gasteiger charge is 2.12. The monoisotopic (exact) mass is 258 g/mol. The molecule has 3 nitrogen and oxygen atoms in total. The van der Waals surface area contributed by atoms with Crippen molar-refractivity contribution in [1.82, 2.24) is 0 Å². The zero-order chi connectivity index (χ0) is 13.1. The van der Waals surface area contributed by atoms with Crippen LogP contribution in [0.3, 0.4) is 0 Å². The van der Waals surface area contributed by atoms with Crippen LogP contribution in [0, 0.1) is 0 Å². The van der Waals surface area contributed by atoms with Crippen LogP contribution >= 0.6 is 0 Å². The predicted molar refractivity (Wildman–Crippen MR) is 73.6 cm³/mol. The summed E-state index contributed by atoms with van der Waals surface area (Å²) in [6, 6.07) is 0. The smallest absolute Gasteiger partial charge is 0.100 e. The molecule has 0 saturated heterocycles. The number of aliphatic hydroxyl groups is 2. The summed E-state index contributed by atoms with van der Waals surface area (Å²) < 4.78 is 5.73. The second-order valence-corrected chi connectivity index (χ2v) is 5.55. The quantitative estimate of drug-likeness (QED) is 0.815. The van der Waals surface area contributed by atoms with Gasteiger partial charge in [0.15, 0.2) is 0 Å². The van der Waals surface area contributed by atoms with E-state index in [1.54, 1.807) is 0 Å². The van der Waals surface area contributed by atoms with Gasteiger partial charge in [-0.25, -0.2) is 0 Å². The van der Waals surface area contributed by atoms with Crippen molar-refractivity contribution >= 4 is 0 Å². The topological polar surface area (TPSA) is 49.7 Å². The Labute approximate surface area is 112 Å². The molecule has 1 atom stereocenters. The van der Waals surface area contributed by atoms with Crippen LogP contribution in [-0.4, -0.2) is 35.6 Å². The molecule has 1 unspecified atom stereocenters. The van der Waals surface area contributed by atoms with Crippen LogP contribution in [0.5, 0.6) is 0 Å². The molecule has 0 radical (unpaired) electrons. The minimum Gasteiger partial charge on any atom is -0.394 e. The van der Waals surface area contributed by atoms with Crippen LogP contribution in [0.15, 0.2) is 0 Å². The third kappa shape index (κ3) is 8.06. The van der Waals surface area contributed by atoms with Gasteiger partial charge in [-0.05, 0) is 12.8 Å². The van der Waals surface area contributed by atoms with Crippen molar-refractivity contribution in [2.24, 2.45) is 0 Å². The number of rotatable bonds is 4. The maximum Gasteiger partial charge on any atom is 0.100 e. The van der Waals surface area contributed by atoms with Crippen LogP contribution in [0.4, 0.5) is 0 Å². The van der Waals surface area contributed by atoms with Crippen molar-refractivity contribution < 1.29 is 14.9 Å². The first-order chi connectivity index (χ1) is 8.83. The first kappa shape index (κ1) is 15.9. The zero-order valence-electron chi connectivity index (χ0n) is 11.6. The number of hydrogen-bond donors (Lipinski definition) is 2. The second-order valence-electron chi connectivity index (χ2n) is 5.55. The normalized spacial score (nSPS) is 23.0. The average molecular weight is 258 g/mol. The Hall–Kier alpha value is -0.120. The van der Waals surface area contributed by atoms with Gasteiger partial charge in [-0.3, -0.25) is 0 Å². The zero-order valence-corrected chi connectivity index (χ0v) is 11.6. The molecule has 0 bridgehead atoms. The van der Waals surface area contributed by atoms with Crippen LogP contribution in [0.25, 0.3) is 0 Å². The molecule has 1 aliphatic carbocycles. The molecule has 0 aromatic heterocycles. The minimum atomic E-state index is -0.716. The molecular formula is C15H30O3. The van der Waals surface area contributed by atoms with Crippen molar-refractivity contribution in [3.8, 4) is 0 Å². The van der Waals surface area contributed by atoms with Crippen molar-refractivity contribution in [3.63, 3.8) is 0 Å². The summed E-state index contributed by atoms with van der Waals surface area (Å²) in [5.41, 5.74) is 0. The summed E-state index contributed by atoms with van der Waals surface area (Å²) >= 11 is 0. The van der Waals surface area contributed by atoms with Gasteiger partial charge in [0.25, 0.3) is 0 Å². The Bertz CT molecular complexity index is 173. The fourth-order valence-electron chi connectivity index (χ4n) is 2.59. The molecule has 0 aliphatic heterocycles. The van der Waals surface area contributed by atoms with E-state index in [9.17, 15) is 5.11 Å². The Balaban J connectivity index is 2.23. The van der Waals surface area contributed by atoms with Gasteiger partial charge in [-0.1, -0.05) is 57.8 Å². The molecule has 1 rings (SSSR count). The lowest BCUT2D eigenvalue weighted by molar-refractivity contribution is -0.0351. The SMILES string of the molecule is OCC(O)COC1CCCCCCCCCCC1. The molecular weight excluding hydrogens is 228 g/mol. The largest absolute Gasteiger partial charge is 0.394 e.